The highest BCUT2D eigenvalue weighted by Gasteiger charge is 2.27. The van der Waals surface area contributed by atoms with Gasteiger partial charge in [0.15, 0.2) is 0 Å². The van der Waals surface area contributed by atoms with Gasteiger partial charge in [0.25, 0.3) is 0 Å². The Morgan fingerprint density at radius 1 is 1.10 bits per heavy atom. The van der Waals surface area contributed by atoms with Gasteiger partial charge in [-0.2, -0.15) is 0 Å². The number of carbonyl (C=O) groups excluding carboxylic acids is 2. The molecular formula is C16H31N3O2. The molecule has 21 heavy (non-hydrogen) atoms. The molecule has 3 atom stereocenters. The van der Waals surface area contributed by atoms with Crippen LogP contribution in [0.3, 0.4) is 0 Å². The van der Waals surface area contributed by atoms with Gasteiger partial charge in [0.2, 0.25) is 11.8 Å². The molecule has 0 heterocycles. The minimum Gasteiger partial charge on any atom is -0.355 e. The van der Waals surface area contributed by atoms with Crippen LogP contribution in [0.2, 0.25) is 0 Å². The molecule has 2 N–H and O–H groups in total. The van der Waals surface area contributed by atoms with Crippen LogP contribution in [0.25, 0.3) is 0 Å². The topological polar surface area (TPSA) is 61.4 Å². The van der Waals surface area contributed by atoms with Gasteiger partial charge >= 0.3 is 0 Å². The summed E-state index contributed by atoms with van der Waals surface area (Å²) in [5, 5.41) is 5.93. The molecule has 1 saturated carbocycles. The number of carbonyl (C=O) groups is 2. The molecule has 2 amide bonds. The Hall–Kier alpha value is -1.10. The molecule has 0 aromatic heterocycles. The lowest BCUT2D eigenvalue weighted by molar-refractivity contribution is -0.127. The van der Waals surface area contributed by atoms with Gasteiger partial charge in [-0.3, -0.25) is 9.59 Å². The molecule has 1 aliphatic rings. The summed E-state index contributed by atoms with van der Waals surface area (Å²) in [6.45, 7) is 5.91. The largest absolute Gasteiger partial charge is 0.355 e. The molecule has 0 aliphatic heterocycles. The maximum atomic E-state index is 12.0. The molecule has 0 unspecified atom stereocenters. The van der Waals surface area contributed by atoms with E-state index in [2.05, 4.69) is 24.5 Å². The average Bonchev–Trinajstić information content (AvgIpc) is 2.41. The first-order chi connectivity index (χ1) is 9.90. The van der Waals surface area contributed by atoms with E-state index in [1.54, 1.807) is 0 Å². The highest BCUT2D eigenvalue weighted by atomic mass is 16.2. The smallest absolute Gasteiger partial charge is 0.220 e. The Morgan fingerprint density at radius 2 is 1.76 bits per heavy atom. The zero-order valence-corrected chi connectivity index (χ0v) is 13.9. The quantitative estimate of drug-likeness (QED) is 0.746. The van der Waals surface area contributed by atoms with Crippen LogP contribution in [0.5, 0.6) is 0 Å². The molecule has 5 heteroatoms. The highest BCUT2D eigenvalue weighted by molar-refractivity contribution is 5.83. The lowest BCUT2D eigenvalue weighted by Crippen LogP contribution is -2.44. The Labute approximate surface area is 128 Å². The Morgan fingerprint density at radius 3 is 2.43 bits per heavy atom. The minimum absolute atomic E-state index is 0.00343. The van der Waals surface area contributed by atoms with Gasteiger partial charge in [-0.15, -0.1) is 0 Å². The van der Waals surface area contributed by atoms with Crippen LogP contribution < -0.4 is 10.6 Å². The zero-order chi connectivity index (χ0) is 15.8. The maximum Gasteiger partial charge on any atom is 0.220 e. The van der Waals surface area contributed by atoms with Crippen molar-refractivity contribution in [3.05, 3.63) is 0 Å². The molecule has 5 nitrogen and oxygen atoms in total. The molecule has 122 valence electrons. The van der Waals surface area contributed by atoms with Crippen molar-refractivity contribution >= 4 is 11.8 Å². The molecule has 0 aromatic rings. The predicted octanol–water partition coefficient (Wildman–Crippen LogP) is 1.39. The fraction of sp³-hybridized carbons (Fsp3) is 0.875. The number of likely N-dealkylation sites (N-methyl/N-ethyl adjacent to an activating group) is 1. The summed E-state index contributed by atoms with van der Waals surface area (Å²) in [7, 11) is 3.93. The fourth-order valence-corrected chi connectivity index (χ4v) is 2.80. The van der Waals surface area contributed by atoms with Gasteiger partial charge in [-0.1, -0.05) is 26.7 Å². The van der Waals surface area contributed by atoms with E-state index < -0.39 is 0 Å². The summed E-state index contributed by atoms with van der Waals surface area (Å²) >= 11 is 0. The zero-order valence-electron chi connectivity index (χ0n) is 13.9. The second-order valence-corrected chi connectivity index (χ2v) is 6.59. The molecule has 1 fully saturated rings. The van der Waals surface area contributed by atoms with E-state index in [9.17, 15) is 9.59 Å². The number of amides is 2. The van der Waals surface area contributed by atoms with Gasteiger partial charge in [-0.05, 0) is 32.4 Å². The van der Waals surface area contributed by atoms with Crippen molar-refractivity contribution < 1.29 is 9.59 Å². The Kier molecular flexibility index (Phi) is 7.72. The van der Waals surface area contributed by atoms with Crippen LogP contribution in [0.4, 0.5) is 0 Å². The molecule has 0 spiro atoms. The Balaban J connectivity index is 2.20. The van der Waals surface area contributed by atoms with Crippen molar-refractivity contribution in [2.45, 2.75) is 52.0 Å². The number of hydrogen-bond donors (Lipinski definition) is 2. The molecule has 0 saturated heterocycles. The number of nitrogens with one attached hydrogen (secondary N) is 2. The van der Waals surface area contributed by atoms with Crippen LogP contribution in [0.15, 0.2) is 0 Å². The molecule has 0 aromatic carbocycles. The first-order valence-electron chi connectivity index (χ1n) is 8.11. The number of rotatable bonds is 7. The summed E-state index contributed by atoms with van der Waals surface area (Å²) in [6, 6.07) is 0.276. The second kappa shape index (κ2) is 9.03. The van der Waals surface area contributed by atoms with Gasteiger partial charge in [0.1, 0.15) is 0 Å². The van der Waals surface area contributed by atoms with Crippen LogP contribution in [-0.4, -0.2) is 49.9 Å². The molecule has 0 bridgehead atoms. The van der Waals surface area contributed by atoms with Crippen molar-refractivity contribution in [1.82, 2.24) is 15.5 Å². The van der Waals surface area contributed by atoms with E-state index in [0.717, 1.165) is 13.0 Å². The van der Waals surface area contributed by atoms with Crippen molar-refractivity contribution in [2.24, 2.45) is 11.8 Å². The van der Waals surface area contributed by atoms with Crippen LogP contribution >= 0.6 is 0 Å². The van der Waals surface area contributed by atoms with E-state index >= 15 is 0 Å². The van der Waals surface area contributed by atoms with E-state index in [4.69, 9.17) is 0 Å². The van der Waals surface area contributed by atoms with Gasteiger partial charge in [0.05, 0.1) is 0 Å². The predicted molar refractivity (Wildman–Crippen MR) is 84.9 cm³/mol. The van der Waals surface area contributed by atoms with Crippen LogP contribution in [-0.2, 0) is 9.59 Å². The average molecular weight is 297 g/mol. The van der Waals surface area contributed by atoms with Crippen molar-refractivity contribution in [3.8, 4) is 0 Å². The summed E-state index contributed by atoms with van der Waals surface area (Å²) in [6.07, 6.45) is 4.05. The first-order valence-corrected chi connectivity index (χ1v) is 8.11. The first kappa shape index (κ1) is 18.0. The normalized spacial score (nSPS) is 25.7. The minimum atomic E-state index is -0.0444. The SMILES string of the molecule is C[C@@H]1[C@H](C)CCC[C@@H]1NC(=O)CCC(=O)NCCN(C)C. The van der Waals surface area contributed by atoms with Crippen molar-refractivity contribution in [1.29, 1.82) is 0 Å². The number of nitrogens with zero attached hydrogens (tertiary/aromatic N) is 1. The third-order valence-electron chi connectivity index (χ3n) is 4.51. The van der Waals surface area contributed by atoms with Gasteiger partial charge in [0, 0.05) is 32.0 Å². The molecule has 1 aliphatic carbocycles. The van der Waals surface area contributed by atoms with Gasteiger partial charge < -0.3 is 15.5 Å². The molecular weight excluding hydrogens is 266 g/mol. The molecule has 1 rings (SSSR count). The van der Waals surface area contributed by atoms with E-state index in [1.165, 1.54) is 12.8 Å². The lowest BCUT2D eigenvalue weighted by atomic mass is 9.78. The van der Waals surface area contributed by atoms with Gasteiger partial charge in [-0.25, -0.2) is 0 Å². The summed E-state index contributed by atoms with van der Waals surface area (Å²) < 4.78 is 0. The fourth-order valence-electron chi connectivity index (χ4n) is 2.80. The van der Waals surface area contributed by atoms with Crippen molar-refractivity contribution in [2.75, 3.05) is 27.2 Å². The maximum absolute atomic E-state index is 12.0. The lowest BCUT2D eigenvalue weighted by Gasteiger charge is -2.34. The monoisotopic (exact) mass is 297 g/mol. The van der Waals surface area contributed by atoms with Crippen molar-refractivity contribution in [3.63, 3.8) is 0 Å². The number of hydrogen-bond acceptors (Lipinski definition) is 3. The van der Waals surface area contributed by atoms with Crippen LogP contribution in [0.1, 0.15) is 46.0 Å². The third kappa shape index (κ3) is 6.93. The summed E-state index contributed by atoms with van der Waals surface area (Å²) in [5.74, 6) is 1.15. The van der Waals surface area contributed by atoms with E-state index in [0.29, 0.717) is 18.4 Å². The van der Waals surface area contributed by atoms with E-state index in [-0.39, 0.29) is 30.7 Å². The highest BCUT2D eigenvalue weighted by Crippen LogP contribution is 2.29. The van der Waals surface area contributed by atoms with E-state index in [1.807, 2.05) is 19.0 Å². The Bertz CT molecular complexity index is 344. The summed E-state index contributed by atoms with van der Waals surface area (Å²) in [4.78, 5) is 25.6. The second-order valence-electron chi connectivity index (χ2n) is 6.59. The third-order valence-corrected chi connectivity index (χ3v) is 4.51. The standard InChI is InChI=1S/C16H31N3O2/c1-12-6-5-7-14(13(12)2)18-16(21)9-8-15(20)17-10-11-19(3)4/h12-14H,5-11H2,1-4H3,(H,17,20)(H,18,21)/t12-,13-,14+/m1/s1. The van der Waals surface area contributed by atoms with Crippen LogP contribution in [0, 0.1) is 11.8 Å². The molecule has 0 radical (unpaired) electrons. The summed E-state index contributed by atoms with van der Waals surface area (Å²) in [5.41, 5.74) is 0.